The van der Waals surface area contributed by atoms with E-state index in [0.717, 1.165) is 21.9 Å². The summed E-state index contributed by atoms with van der Waals surface area (Å²) in [4.78, 5) is 14.6. The number of ether oxygens (including phenoxy) is 3. The summed E-state index contributed by atoms with van der Waals surface area (Å²) in [5.74, 6) is 1.40. The number of carbonyl (C=O) groups excluding carboxylic acids is 1. The number of carbonyl (C=O) groups is 1. The van der Waals surface area contributed by atoms with Crippen LogP contribution in [0.4, 0.5) is 5.69 Å². The van der Waals surface area contributed by atoms with Gasteiger partial charge in [-0.3, -0.25) is 9.10 Å². The van der Waals surface area contributed by atoms with E-state index in [1.54, 1.807) is 39.3 Å². The Morgan fingerprint density at radius 1 is 1.10 bits per heavy atom. The molecule has 8 nitrogen and oxygen atoms in total. The van der Waals surface area contributed by atoms with E-state index in [1.807, 2.05) is 24.3 Å². The van der Waals surface area contributed by atoms with Gasteiger partial charge in [0.25, 0.3) is 0 Å². The third-order valence-electron chi connectivity index (χ3n) is 4.80. The van der Waals surface area contributed by atoms with Crippen LogP contribution in [0.3, 0.4) is 0 Å². The van der Waals surface area contributed by atoms with E-state index < -0.39 is 16.1 Å². The largest absolute Gasteiger partial charge is 0.497 e. The van der Waals surface area contributed by atoms with E-state index in [1.165, 1.54) is 4.90 Å². The van der Waals surface area contributed by atoms with Crippen molar-refractivity contribution in [2.24, 2.45) is 0 Å². The van der Waals surface area contributed by atoms with Crippen LogP contribution in [0.5, 0.6) is 17.2 Å². The van der Waals surface area contributed by atoms with Crippen LogP contribution in [0.25, 0.3) is 0 Å². The molecule has 162 valence electrons. The number of amides is 1. The molecule has 0 bridgehead atoms. The summed E-state index contributed by atoms with van der Waals surface area (Å²) >= 11 is 0. The molecule has 1 amide bonds. The first kappa shape index (κ1) is 21.8. The highest BCUT2D eigenvalue weighted by atomic mass is 32.2. The second-order valence-electron chi connectivity index (χ2n) is 7.11. The fourth-order valence-electron chi connectivity index (χ4n) is 3.37. The number of anilines is 1. The van der Waals surface area contributed by atoms with Crippen molar-refractivity contribution in [1.82, 2.24) is 4.90 Å². The minimum atomic E-state index is -3.73. The van der Waals surface area contributed by atoms with Gasteiger partial charge in [-0.1, -0.05) is 12.1 Å². The second kappa shape index (κ2) is 8.83. The highest BCUT2D eigenvalue weighted by Gasteiger charge is 2.32. The number of fused-ring (bicyclic) bond motifs is 1. The van der Waals surface area contributed by atoms with Crippen molar-refractivity contribution in [3.8, 4) is 17.2 Å². The van der Waals surface area contributed by atoms with Crippen LogP contribution < -0.4 is 18.5 Å². The highest BCUT2D eigenvalue weighted by Crippen LogP contribution is 2.35. The van der Waals surface area contributed by atoms with Crippen LogP contribution in [0.1, 0.15) is 12.5 Å². The van der Waals surface area contributed by atoms with Gasteiger partial charge >= 0.3 is 0 Å². The van der Waals surface area contributed by atoms with Crippen molar-refractivity contribution in [3.05, 3.63) is 48.0 Å². The predicted molar refractivity (Wildman–Crippen MR) is 114 cm³/mol. The first-order valence-corrected chi connectivity index (χ1v) is 11.3. The summed E-state index contributed by atoms with van der Waals surface area (Å²) < 4.78 is 42.4. The quantitative estimate of drug-likeness (QED) is 0.665. The molecular weight excluding hydrogens is 408 g/mol. The molecule has 1 aliphatic heterocycles. The monoisotopic (exact) mass is 434 g/mol. The van der Waals surface area contributed by atoms with E-state index in [-0.39, 0.29) is 5.91 Å². The fourth-order valence-corrected chi connectivity index (χ4v) is 4.53. The van der Waals surface area contributed by atoms with Crippen molar-refractivity contribution in [2.45, 2.75) is 19.5 Å². The lowest BCUT2D eigenvalue weighted by molar-refractivity contribution is -0.131. The van der Waals surface area contributed by atoms with Crippen LogP contribution >= 0.6 is 0 Å². The van der Waals surface area contributed by atoms with Gasteiger partial charge in [0.1, 0.15) is 25.0 Å². The number of likely N-dealkylation sites (N-methyl/N-ethyl adjacent to an activating group) is 1. The summed E-state index contributed by atoms with van der Waals surface area (Å²) in [5.41, 5.74) is 1.25. The number of methoxy groups -OCH3 is 1. The van der Waals surface area contributed by atoms with E-state index >= 15 is 0 Å². The lowest BCUT2D eigenvalue weighted by Crippen LogP contribution is -2.48. The summed E-state index contributed by atoms with van der Waals surface area (Å²) in [6.07, 6.45) is 1.08. The number of hydrogen-bond acceptors (Lipinski definition) is 6. The zero-order valence-electron chi connectivity index (χ0n) is 17.5. The zero-order chi connectivity index (χ0) is 21.9. The van der Waals surface area contributed by atoms with Gasteiger partial charge in [0.05, 0.1) is 19.1 Å². The third kappa shape index (κ3) is 4.79. The molecule has 0 unspecified atom stereocenters. The fraction of sp³-hybridized carbons (Fsp3) is 0.381. The van der Waals surface area contributed by atoms with Gasteiger partial charge in [0.2, 0.25) is 15.9 Å². The minimum absolute atomic E-state index is 0.328. The Labute approximate surface area is 177 Å². The molecule has 0 radical (unpaired) electrons. The van der Waals surface area contributed by atoms with Gasteiger partial charge in [-0.25, -0.2) is 8.42 Å². The van der Waals surface area contributed by atoms with E-state index in [9.17, 15) is 13.2 Å². The number of sulfonamides is 1. The first-order chi connectivity index (χ1) is 14.2. The molecule has 30 heavy (non-hydrogen) atoms. The predicted octanol–water partition coefficient (Wildman–Crippen LogP) is 2.28. The van der Waals surface area contributed by atoms with E-state index in [2.05, 4.69) is 0 Å². The van der Waals surface area contributed by atoms with Crippen molar-refractivity contribution < 1.29 is 27.4 Å². The molecule has 0 fully saturated rings. The summed E-state index contributed by atoms with van der Waals surface area (Å²) in [6.45, 7) is 2.73. The standard InChI is InChI=1S/C21H26N2O6S/c1-15(21(24)22(2)14-16-5-8-18(27-3)9-6-16)23(30(4,25)26)17-7-10-19-20(13-17)29-12-11-28-19/h5-10,13,15H,11-12,14H2,1-4H3/t15-/m1/s1. The lowest BCUT2D eigenvalue weighted by atomic mass is 10.2. The van der Waals surface area contributed by atoms with Gasteiger partial charge in [-0.05, 0) is 36.8 Å². The molecule has 0 saturated carbocycles. The molecule has 1 aliphatic rings. The van der Waals surface area contributed by atoms with Crippen molar-refractivity contribution >= 4 is 21.6 Å². The molecule has 2 aromatic carbocycles. The molecule has 3 rings (SSSR count). The molecule has 0 aromatic heterocycles. The Balaban J connectivity index is 1.82. The molecule has 0 saturated heterocycles. The normalized spacial score (nSPS) is 14.0. The topological polar surface area (TPSA) is 85.4 Å². The maximum absolute atomic E-state index is 13.1. The molecule has 9 heteroatoms. The number of rotatable bonds is 7. The lowest BCUT2D eigenvalue weighted by Gasteiger charge is -2.32. The Morgan fingerprint density at radius 3 is 2.33 bits per heavy atom. The highest BCUT2D eigenvalue weighted by molar-refractivity contribution is 7.92. The van der Waals surface area contributed by atoms with Crippen molar-refractivity contribution in [2.75, 3.05) is 37.9 Å². The summed E-state index contributed by atoms with van der Waals surface area (Å²) in [5, 5.41) is 0. The smallest absolute Gasteiger partial charge is 0.246 e. The molecule has 0 spiro atoms. The van der Waals surface area contributed by atoms with Gasteiger partial charge in [0, 0.05) is 19.7 Å². The maximum Gasteiger partial charge on any atom is 0.246 e. The van der Waals surface area contributed by atoms with E-state index in [4.69, 9.17) is 14.2 Å². The molecule has 0 aliphatic carbocycles. The second-order valence-corrected chi connectivity index (χ2v) is 8.96. The minimum Gasteiger partial charge on any atom is -0.497 e. The van der Waals surface area contributed by atoms with Crippen molar-refractivity contribution in [1.29, 1.82) is 0 Å². The Hall–Kier alpha value is -2.94. The number of nitrogens with zero attached hydrogens (tertiary/aromatic N) is 2. The number of hydrogen-bond donors (Lipinski definition) is 0. The van der Waals surface area contributed by atoms with Gasteiger partial charge < -0.3 is 19.1 Å². The average Bonchev–Trinajstić information content (AvgIpc) is 2.72. The van der Waals surface area contributed by atoms with Gasteiger partial charge in [-0.2, -0.15) is 0 Å². The van der Waals surface area contributed by atoms with Crippen LogP contribution in [0.2, 0.25) is 0 Å². The Bertz CT molecular complexity index is 1010. The third-order valence-corrected chi connectivity index (χ3v) is 6.04. The summed E-state index contributed by atoms with van der Waals surface area (Å²) in [6, 6.07) is 11.3. The zero-order valence-corrected chi connectivity index (χ0v) is 18.3. The first-order valence-electron chi connectivity index (χ1n) is 9.47. The average molecular weight is 435 g/mol. The molecule has 1 atom stereocenters. The van der Waals surface area contributed by atoms with Crippen LogP contribution in [-0.2, 0) is 21.4 Å². The van der Waals surface area contributed by atoms with Crippen molar-refractivity contribution in [3.63, 3.8) is 0 Å². The van der Waals surface area contributed by atoms with Crippen LogP contribution in [-0.4, -0.2) is 58.9 Å². The van der Waals surface area contributed by atoms with Gasteiger partial charge in [0.15, 0.2) is 11.5 Å². The van der Waals surface area contributed by atoms with Crippen LogP contribution in [0, 0.1) is 0 Å². The molecular formula is C21H26N2O6S. The van der Waals surface area contributed by atoms with E-state index in [0.29, 0.717) is 36.9 Å². The summed E-state index contributed by atoms with van der Waals surface area (Å²) in [7, 11) is -0.498. The molecule has 0 N–H and O–H groups in total. The Kier molecular flexibility index (Phi) is 6.40. The number of benzene rings is 2. The maximum atomic E-state index is 13.1. The molecule has 1 heterocycles. The van der Waals surface area contributed by atoms with Crippen LogP contribution in [0.15, 0.2) is 42.5 Å². The SMILES string of the molecule is COc1ccc(CN(C)C(=O)[C@@H](C)N(c2ccc3c(c2)OCCO3)S(C)(=O)=O)cc1. The molecule has 2 aromatic rings. The Morgan fingerprint density at radius 2 is 1.73 bits per heavy atom. The van der Waals surface area contributed by atoms with Gasteiger partial charge in [-0.15, -0.1) is 0 Å².